The maximum atomic E-state index is 15.0. The molecule has 7 atom stereocenters. The first kappa shape index (κ1) is 31.5. The van der Waals surface area contributed by atoms with Crippen molar-refractivity contribution in [3.8, 4) is 0 Å². The minimum Gasteiger partial charge on any atom is -0.394 e. The number of carbonyl (C=O) groups is 3. The second-order valence-electron chi connectivity index (χ2n) is 11.7. The summed E-state index contributed by atoms with van der Waals surface area (Å²) in [6, 6.07) is 14.0. The van der Waals surface area contributed by atoms with E-state index in [0.717, 1.165) is 22.5 Å². The second kappa shape index (κ2) is 12.6. The zero-order valence-corrected chi connectivity index (χ0v) is 27.4. The predicted molar refractivity (Wildman–Crippen MR) is 178 cm³/mol. The summed E-state index contributed by atoms with van der Waals surface area (Å²) in [7, 11) is 0. The molecule has 3 saturated heterocycles. The number of amides is 3. The van der Waals surface area contributed by atoms with E-state index in [4.69, 9.17) is 0 Å². The summed E-state index contributed by atoms with van der Waals surface area (Å²) in [5.41, 5.74) is 3.45. The number of benzene rings is 2. The molecule has 3 amide bonds. The number of halogens is 1. The van der Waals surface area contributed by atoms with Gasteiger partial charge >= 0.3 is 0 Å². The van der Waals surface area contributed by atoms with Gasteiger partial charge in [0.25, 0.3) is 5.91 Å². The highest BCUT2D eigenvalue weighted by Gasteiger charge is 2.76. The molecule has 1 N–H and O–H groups in total. The van der Waals surface area contributed by atoms with Crippen LogP contribution >= 0.6 is 27.7 Å². The molecule has 0 radical (unpaired) electrons. The minimum absolute atomic E-state index is 0.0608. The molecule has 3 aliphatic rings. The number of rotatable bonds is 11. The van der Waals surface area contributed by atoms with Gasteiger partial charge in [0.05, 0.1) is 29.2 Å². The van der Waals surface area contributed by atoms with Gasteiger partial charge in [0.1, 0.15) is 6.04 Å². The van der Waals surface area contributed by atoms with E-state index in [1.807, 2.05) is 69.3 Å². The number of thioether (sulfide) groups is 1. The number of hydrogen-bond acceptors (Lipinski definition) is 5. The lowest BCUT2D eigenvalue weighted by Gasteiger charge is -2.40. The number of aryl methyl sites for hydroxylation is 2. The van der Waals surface area contributed by atoms with Gasteiger partial charge in [-0.25, -0.2) is 0 Å². The zero-order chi connectivity index (χ0) is 31.1. The molecule has 228 valence electrons. The van der Waals surface area contributed by atoms with Gasteiger partial charge < -0.3 is 19.8 Å². The van der Waals surface area contributed by atoms with E-state index in [9.17, 15) is 19.5 Å². The number of nitrogens with zero attached hydrogens (tertiary/aromatic N) is 3. The third-order valence-corrected chi connectivity index (χ3v) is 12.5. The molecule has 0 saturated carbocycles. The maximum absolute atomic E-state index is 15.0. The van der Waals surface area contributed by atoms with Crippen molar-refractivity contribution in [2.75, 3.05) is 29.5 Å². The fourth-order valence-corrected chi connectivity index (χ4v) is 11.1. The van der Waals surface area contributed by atoms with Gasteiger partial charge in [0.2, 0.25) is 11.8 Å². The van der Waals surface area contributed by atoms with Crippen molar-refractivity contribution in [1.82, 2.24) is 4.90 Å². The molecular weight excluding hydrogens is 626 g/mol. The summed E-state index contributed by atoms with van der Waals surface area (Å²) in [6.45, 7) is 14.0. The summed E-state index contributed by atoms with van der Waals surface area (Å²) >= 11 is 5.48. The van der Waals surface area contributed by atoms with Crippen molar-refractivity contribution in [3.63, 3.8) is 0 Å². The number of carbonyl (C=O) groups excluding carboxylic acids is 3. The zero-order valence-electron chi connectivity index (χ0n) is 25.0. The Hall–Kier alpha value is -2.88. The predicted octanol–water partition coefficient (Wildman–Crippen LogP) is 5.28. The van der Waals surface area contributed by atoms with E-state index in [-0.39, 0.29) is 41.0 Å². The van der Waals surface area contributed by atoms with E-state index in [1.165, 1.54) is 0 Å². The average molecular weight is 667 g/mol. The largest absolute Gasteiger partial charge is 0.394 e. The standard InChI is InChI=1S/C34H40BrN3O4S/c1-6-17-36(24-15-10-9-11-16-24)31(40)26-27-32(41)38(23(8-3)20-39)30(34(27)19-25(35)29(26)43-34)33(42)37(18-7-2)28-21(4)13-12-14-22(28)5/h6-7,9-16,23,25-27,29-30,39H,1-2,8,17-20H2,3-5H3/t23-,25?,26+,27-,29+,30?,34?/m0/s1. The van der Waals surface area contributed by atoms with Crippen molar-refractivity contribution in [2.45, 2.75) is 60.5 Å². The van der Waals surface area contributed by atoms with Crippen LogP contribution in [0.2, 0.25) is 0 Å². The molecular formula is C34H40BrN3O4S. The molecule has 0 aliphatic carbocycles. The van der Waals surface area contributed by atoms with Crippen LogP contribution in [0.15, 0.2) is 73.8 Å². The Labute approximate surface area is 267 Å². The van der Waals surface area contributed by atoms with Gasteiger partial charge in [-0.1, -0.05) is 71.4 Å². The van der Waals surface area contributed by atoms with Gasteiger partial charge in [-0.05, 0) is 49.9 Å². The summed E-state index contributed by atoms with van der Waals surface area (Å²) in [4.78, 5) is 49.1. The van der Waals surface area contributed by atoms with E-state index >= 15 is 0 Å². The molecule has 2 aromatic carbocycles. The van der Waals surface area contributed by atoms with Crippen LogP contribution in [0.25, 0.3) is 0 Å². The number of para-hydroxylation sites is 2. The molecule has 43 heavy (non-hydrogen) atoms. The van der Waals surface area contributed by atoms with Crippen molar-refractivity contribution >= 4 is 56.8 Å². The first-order chi connectivity index (χ1) is 20.7. The minimum atomic E-state index is -0.849. The Kier molecular flexibility index (Phi) is 9.26. The molecule has 5 rings (SSSR count). The first-order valence-electron chi connectivity index (χ1n) is 14.9. The summed E-state index contributed by atoms with van der Waals surface area (Å²) in [6.07, 6.45) is 4.45. The fourth-order valence-electron chi connectivity index (χ4n) is 7.48. The smallest absolute Gasteiger partial charge is 0.251 e. The van der Waals surface area contributed by atoms with Gasteiger partial charge in [0, 0.05) is 34.5 Å². The Bertz CT molecular complexity index is 1400. The normalized spacial score (nSPS) is 28.0. The number of hydrogen-bond donors (Lipinski definition) is 1. The highest BCUT2D eigenvalue weighted by atomic mass is 79.9. The molecule has 3 aliphatic heterocycles. The van der Waals surface area contributed by atoms with Crippen molar-refractivity contribution in [2.24, 2.45) is 11.8 Å². The molecule has 3 heterocycles. The molecule has 9 heteroatoms. The van der Waals surface area contributed by atoms with Gasteiger partial charge in [-0.3, -0.25) is 14.4 Å². The maximum Gasteiger partial charge on any atom is 0.251 e. The van der Waals surface area contributed by atoms with E-state index in [2.05, 4.69) is 29.1 Å². The molecule has 2 aromatic rings. The van der Waals surface area contributed by atoms with Crippen LogP contribution in [0, 0.1) is 25.7 Å². The SMILES string of the molecule is C=CCN(C(=O)[C@H]1[C@@H]2SC3(CC2Br)C(C(=O)N(CC=C)c2c(C)cccc2C)N([C@@H](CC)CO)C(=O)[C@H]13)c1ccccc1. The van der Waals surface area contributed by atoms with Gasteiger partial charge in [-0.15, -0.1) is 24.9 Å². The number of fused-ring (bicyclic) bond motifs is 1. The lowest BCUT2D eigenvalue weighted by molar-refractivity contribution is -0.141. The molecule has 1 spiro atoms. The number of likely N-dealkylation sites (tertiary alicyclic amines) is 1. The van der Waals surface area contributed by atoms with Crippen LogP contribution in [0.3, 0.4) is 0 Å². The number of anilines is 2. The summed E-state index contributed by atoms with van der Waals surface area (Å²) < 4.78 is -0.831. The highest BCUT2D eigenvalue weighted by Crippen LogP contribution is 2.68. The molecule has 7 nitrogen and oxygen atoms in total. The lowest BCUT2D eigenvalue weighted by atomic mass is 9.70. The first-order valence-corrected chi connectivity index (χ1v) is 16.7. The van der Waals surface area contributed by atoms with Crippen LogP contribution in [0.4, 0.5) is 11.4 Å². The van der Waals surface area contributed by atoms with Gasteiger partial charge in [0.15, 0.2) is 0 Å². The van der Waals surface area contributed by atoms with E-state index < -0.39 is 28.7 Å². The van der Waals surface area contributed by atoms with E-state index in [1.54, 1.807) is 38.6 Å². The Morgan fingerprint density at radius 2 is 1.70 bits per heavy atom. The van der Waals surface area contributed by atoms with Crippen molar-refractivity contribution in [3.05, 3.63) is 85.0 Å². The van der Waals surface area contributed by atoms with Crippen molar-refractivity contribution < 1.29 is 19.5 Å². The second-order valence-corrected chi connectivity index (χ2v) is 14.4. The third kappa shape index (κ3) is 5.07. The average Bonchev–Trinajstić information content (AvgIpc) is 3.59. The lowest BCUT2D eigenvalue weighted by Crippen LogP contribution is -2.58. The van der Waals surface area contributed by atoms with E-state index in [0.29, 0.717) is 19.4 Å². The summed E-state index contributed by atoms with van der Waals surface area (Å²) in [5, 5.41) is 10.3. The topological polar surface area (TPSA) is 81.2 Å². The molecule has 3 fully saturated rings. The van der Waals surface area contributed by atoms with Crippen molar-refractivity contribution in [1.29, 1.82) is 0 Å². The summed E-state index contributed by atoms with van der Waals surface area (Å²) in [5.74, 6) is -1.90. The fraction of sp³-hybridized carbons (Fsp3) is 0.441. The quantitative estimate of drug-likeness (QED) is 0.261. The monoisotopic (exact) mass is 665 g/mol. The third-order valence-electron chi connectivity index (χ3n) is 9.25. The van der Waals surface area contributed by atoms with Crippen LogP contribution in [-0.4, -0.2) is 74.3 Å². The number of aliphatic hydroxyl groups excluding tert-OH is 1. The molecule has 2 bridgehead atoms. The van der Waals surface area contributed by atoms with Crippen LogP contribution in [0.1, 0.15) is 30.9 Å². The Balaban J connectivity index is 1.64. The van der Waals surface area contributed by atoms with Crippen LogP contribution in [-0.2, 0) is 14.4 Å². The number of aliphatic hydroxyl groups is 1. The Morgan fingerprint density at radius 1 is 1.07 bits per heavy atom. The molecule has 0 aromatic heterocycles. The van der Waals surface area contributed by atoms with Crippen LogP contribution < -0.4 is 9.80 Å². The van der Waals surface area contributed by atoms with Crippen LogP contribution in [0.5, 0.6) is 0 Å². The van der Waals surface area contributed by atoms with Gasteiger partial charge in [-0.2, -0.15) is 0 Å². The highest BCUT2D eigenvalue weighted by molar-refractivity contribution is 9.09. The Morgan fingerprint density at radius 3 is 2.28 bits per heavy atom. The molecule has 3 unspecified atom stereocenters. The number of alkyl halides is 1.